The van der Waals surface area contributed by atoms with Gasteiger partial charge in [-0.1, -0.05) is 176 Å². The molecule has 0 aromatic heterocycles. The fraction of sp³-hybridized carbons (Fsp3) is 0.526. The van der Waals surface area contributed by atoms with E-state index in [1.807, 2.05) is 31.5 Å². The van der Waals surface area contributed by atoms with Crippen LogP contribution in [0, 0.1) is 19.9 Å². The van der Waals surface area contributed by atoms with Gasteiger partial charge in [0.1, 0.15) is 25.3 Å². The SMILES string of the molecule is C.CCCCC1(C)C(C=CC=CC=C2N(C(CCC)S(=O)(=O)O)c3ccc(S(=O)(=O)O)cc3C2(C)CCP(=O)(OCC)OCC)=[N+](CCCCCOC=O)c2ccc(C)cc21.CCCCC1(C)C(C=CC=CCc2ccccc2)=[N+](CCCCCOC=O)c2ccc(C)cc21.CCCCC[N+]1=C(C)C(C)(CCP(C)(C)=O)c2c[c-]ccc21.O=S(=O)=O.O=S(=O)=O.O=S(=O)=O.[K+]. The van der Waals surface area contributed by atoms with Gasteiger partial charge < -0.3 is 28.0 Å². The molecule has 5 aromatic carbocycles. The number of carbonyl (C=O) groups is 2. The Morgan fingerprint density at radius 1 is 0.515 bits per heavy atom. The quantitative estimate of drug-likeness (QED) is 0.00534. The molecule has 5 unspecified atom stereocenters. The molecule has 0 aliphatic carbocycles. The molecule has 0 saturated carbocycles. The number of anilines is 1. The first-order chi connectivity index (χ1) is 60.4. The van der Waals surface area contributed by atoms with Crippen LogP contribution in [0.25, 0.3) is 0 Å². The zero-order valence-corrected chi connectivity index (χ0v) is 86.9. The van der Waals surface area contributed by atoms with Crippen LogP contribution in [-0.4, -0.2) is 185 Å². The van der Waals surface area contributed by atoms with Gasteiger partial charge in [-0.05, 0) is 180 Å². The molecule has 0 spiro atoms. The van der Waals surface area contributed by atoms with Crippen LogP contribution in [-0.2, 0) is 117 Å². The van der Waals surface area contributed by atoms with E-state index in [9.17, 15) is 44.7 Å². The van der Waals surface area contributed by atoms with Gasteiger partial charge >= 0.3 is 90.8 Å². The maximum absolute atomic E-state index is 13.8. The van der Waals surface area contributed by atoms with Gasteiger partial charge in [-0.3, -0.25) is 23.3 Å². The normalized spacial score (nSPS) is 18.3. The minimum absolute atomic E-state index is 0. The largest absolute Gasteiger partial charge is 1.00 e. The number of ether oxygens (including phenoxy) is 2. The molecule has 5 aromatic rings. The molecule has 4 heterocycles. The number of hydrogen-bond acceptors (Lipinski definition) is 22. The fourth-order valence-electron chi connectivity index (χ4n) is 16.8. The Morgan fingerprint density at radius 2 is 0.985 bits per heavy atom. The first-order valence-corrected chi connectivity index (χ1v) is 54.2. The summed E-state index contributed by atoms with van der Waals surface area (Å²) in [6.45, 7) is 36.0. The molecule has 0 amide bonds. The van der Waals surface area contributed by atoms with E-state index < -0.39 is 82.5 Å². The number of aryl methyl sites for hydroxylation is 2. The van der Waals surface area contributed by atoms with E-state index in [1.54, 1.807) is 39.8 Å². The zero-order valence-electron chi connectivity index (χ0n) is 77.9. The van der Waals surface area contributed by atoms with Gasteiger partial charge in [0.25, 0.3) is 33.2 Å². The van der Waals surface area contributed by atoms with Crippen molar-refractivity contribution in [3.05, 3.63) is 209 Å². The van der Waals surface area contributed by atoms with Crippen molar-refractivity contribution >= 4 is 120 Å². The van der Waals surface area contributed by atoms with Crippen LogP contribution in [0.1, 0.15) is 245 Å². The maximum Gasteiger partial charge on any atom is 1.00 e. The summed E-state index contributed by atoms with van der Waals surface area (Å²) in [4.78, 5) is 22.2. The molecule has 2 N–H and O–H groups in total. The summed E-state index contributed by atoms with van der Waals surface area (Å²) >= 11 is 0. The topological polar surface area (TPSA) is 380 Å². The number of allylic oxidation sites excluding steroid dienone is 10. The van der Waals surface area contributed by atoms with Gasteiger partial charge in [-0.25, -0.2) is 4.58 Å². The van der Waals surface area contributed by atoms with Crippen LogP contribution in [0.3, 0.4) is 0 Å². The monoisotopic (exact) mass is 1960 g/mol. The Hall–Kier alpha value is -6.75. The van der Waals surface area contributed by atoms with Gasteiger partial charge in [0.05, 0.1) is 55.5 Å². The van der Waals surface area contributed by atoms with Crippen molar-refractivity contribution in [1.29, 1.82) is 0 Å². The first kappa shape index (κ1) is 119. The third-order valence-corrected chi connectivity index (χ3v) is 28.8. The van der Waals surface area contributed by atoms with Crippen LogP contribution in [0.4, 0.5) is 22.7 Å². The van der Waals surface area contributed by atoms with Crippen LogP contribution >= 0.6 is 14.7 Å². The van der Waals surface area contributed by atoms with Gasteiger partial charge in [0.2, 0.25) is 11.4 Å². The summed E-state index contributed by atoms with van der Waals surface area (Å²) in [6, 6.07) is 37.6. The molecule has 714 valence electrons. The Balaban J connectivity index is 0.000000681. The van der Waals surface area contributed by atoms with Crippen LogP contribution in [0.2, 0.25) is 0 Å². The number of carbonyl (C=O) groups excluding carboxylic acids is 2. The molecule has 0 radical (unpaired) electrons. The molecule has 130 heavy (non-hydrogen) atoms. The van der Waals surface area contributed by atoms with Crippen molar-refractivity contribution in [3.8, 4) is 0 Å². The zero-order chi connectivity index (χ0) is 95.7. The summed E-state index contributed by atoms with van der Waals surface area (Å²) in [7, 11) is -24.3. The van der Waals surface area contributed by atoms with E-state index in [0.717, 1.165) is 114 Å². The van der Waals surface area contributed by atoms with Crippen molar-refractivity contribution in [2.45, 2.75) is 258 Å². The third-order valence-electron chi connectivity index (χ3n) is 23.4. The molecule has 9 rings (SSSR count). The number of rotatable bonds is 46. The van der Waals surface area contributed by atoms with Crippen molar-refractivity contribution in [2.24, 2.45) is 0 Å². The minimum Gasteiger partial charge on any atom is -0.468 e. The second-order valence-electron chi connectivity index (χ2n) is 33.2. The number of nitrogens with zero attached hydrogens (tertiary/aromatic N) is 4. The first-order valence-electron chi connectivity index (χ1n) is 43.7. The van der Waals surface area contributed by atoms with Crippen molar-refractivity contribution < 1.29 is 166 Å². The van der Waals surface area contributed by atoms with Gasteiger partial charge in [0, 0.05) is 90.0 Å². The van der Waals surface area contributed by atoms with Crippen molar-refractivity contribution in [1.82, 2.24) is 0 Å². The summed E-state index contributed by atoms with van der Waals surface area (Å²) in [5.41, 5.74) is 15.4. The second-order valence-corrected chi connectivity index (χ2v) is 43.2. The van der Waals surface area contributed by atoms with E-state index in [0.29, 0.717) is 49.5 Å². The number of unbranched alkanes of at least 4 members (excludes halogenated alkanes) is 8. The van der Waals surface area contributed by atoms with Gasteiger partial charge in [-0.2, -0.15) is 44.2 Å². The molecule has 0 saturated heterocycles. The molecule has 27 nitrogen and oxygen atoms in total. The molecule has 0 bridgehead atoms. The van der Waals surface area contributed by atoms with Crippen molar-refractivity contribution in [2.75, 3.05) is 76.6 Å². The average Bonchev–Trinajstić information content (AvgIpc) is 1.54. The van der Waals surface area contributed by atoms with Crippen LogP contribution in [0.15, 0.2) is 168 Å². The molecule has 4 aliphatic heterocycles. The smallest absolute Gasteiger partial charge is 0.468 e. The van der Waals surface area contributed by atoms with E-state index >= 15 is 0 Å². The molecule has 5 atom stereocenters. The molecule has 4 aliphatic rings. The van der Waals surface area contributed by atoms with E-state index in [1.165, 1.54) is 111 Å². The Kier molecular flexibility index (Phi) is 53.7. The van der Waals surface area contributed by atoms with Crippen LogP contribution < -0.4 is 56.3 Å². The maximum atomic E-state index is 13.8. The van der Waals surface area contributed by atoms with Gasteiger partial charge in [0.15, 0.2) is 22.5 Å². The predicted molar refractivity (Wildman–Crippen MR) is 511 cm³/mol. The number of benzene rings is 5. The predicted octanol–water partition coefficient (Wildman–Crippen LogP) is 16.5. The summed E-state index contributed by atoms with van der Waals surface area (Å²) in [6.07, 6.45) is 37.4. The van der Waals surface area contributed by atoms with Crippen LogP contribution in [0.5, 0.6) is 0 Å². The third kappa shape index (κ3) is 36.5. The summed E-state index contributed by atoms with van der Waals surface area (Å²) < 4.78 is 202. The molecule has 35 heteroatoms. The minimum atomic E-state index is -4.71. The van der Waals surface area contributed by atoms with E-state index in [-0.39, 0.29) is 107 Å². The van der Waals surface area contributed by atoms with Crippen molar-refractivity contribution in [3.63, 3.8) is 0 Å². The Morgan fingerprint density at radius 3 is 1.44 bits per heavy atom. The fourth-order valence-corrected chi connectivity index (χ4v) is 21.2. The number of hydrogen-bond donors (Lipinski definition) is 2. The summed E-state index contributed by atoms with van der Waals surface area (Å²) in [5.74, 6) is 0. The molecule has 0 fully saturated rings. The standard InChI is InChI=1S/C44H63N2O11PS2.C31H40NO2.C19H30NOP.CH4.K.3O3S/c1-8-12-26-43(6)36-31-34(5)22-24-38(36)45(28-17-14-18-29-55-33-47)40(43)20-15-13-16-21-41-44(7,27-30-58(48,56-10-3)57-11-4)37-32-35(59(49,50)51)23-25-39(37)46(41)42(19-9-2)60(52,53)54;1-4-5-21-31(3)28-24-26(2)19-20-29(28)32(22-13-8-14-23-34-25-33)30(31)18-12-7-11-17-27-15-9-6-10-16-27;1-6-7-10-14-20-16(2)19(3,13-15-22(4,5)21)17-11-8-9-12-18(17)20;;;3*1-4(2)3/h13,15-16,20-25,31-33,42H,8-12,14,17-19,26-30H2,1-7H3,(H-,49,50,51,52,53,54);6-7,9-12,15-16,18-20,24-25H,4-5,8,13-14,17,21-23H2,1-3H3;9,11-12H,6-7,10,13-15H2,1-5H3;1H4;;;;/q;+1;;;+1;;;/p+1. The van der Waals surface area contributed by atoms with E-state index in [4.69, 9.17) is 56.4 Å². The second kappa shape index (κ2) is 58.5. The van der Waals surface area contributed by atoms with Gasteiger partial charge in [-0.15, -0.1) is 43.9 Å². The Labute approximate surface area is 821 Å². The number of fused-ring (bicyclic) bond motifs is 4. The molecular weight excluding hydrogens is 1830 g/mol. The van der Waals surface area contributed by atoms with E-state index in [2.05, 4.69) is 191 Å². The summed E-state index contributed by atoms with van der Waals surface area (Å²) in [5, 5.41) is -1.44. The average molecular weight is 1970 g/mol. The molecular formula is C95H138KN4O23P2S5+3. The Bertz CT molecular complexity index is 5430.